The van der Waals surface area contributed by atoms with Crippen molar-refractivity contribution in [2.75, 3.05) is 0 Å². The van der Waals surface area contributed by atoms with E-state index in [4.69, 9.17) is 0 Å². The van der Waals surface area contributed by atoms with Crippen molar-refractivity contribution in [1.82, 2.24) is 9.97 Å². The molecule has 0 aliphatic heterocycles. The molecule has 0 atom stereocenters. The van der Waals surface area contributed by atoms with Crippen molar-refractivity contribution in [2.45, 2.75) is 19.3 Å². The molecule has 0 saturated heterocycles. The first-order chi connectivity index (χ1) is 14.1. The van der Waals surface area contributed by atoms with E-state index in [1.54, 1.807) is 0 Å². The van der Waals surface area contributed by atoms with Gasteiger partial charge in [-0.2, -0.15) is 0 Å². The quantitative estimate of drug-likeness (QED) is 0.319. The molecule has 6 aromatic rings. The summed E-state index contributed by atoms with van der Waals surface area (Å²) in [5, 5.41) is 5.14. The Labute approximate surface area is 169 Å². The highest BCUT2D eigenvalue weighted by Crippen LogP contribution is 2.41. The lowest BCUT2D eigenvalue weighted by molar-refractivity contribution is 0.651. The maximum atomic E-state index is 3.69. The fourth-order valence-electron chi connectivity index (χ4n) is 4.93. The van der Waals surface area contributed by atoms with E-state index in [1.807, 2.05) is 0 Å². The topological polar surface area (TPSA) is 31.6 Å². The molecule has 2 aromatic heterocycles. The van der Waals surface area contributed by atoms with Gasteiger partial charge in [-0.1, -0.05) is 86.6 Å². The molecule has 2 N–H and O–H groups in total. The van der Waals surface area contributed by atoms with Crippen LogP contribution in [0.4, 0.5) is 0 Å². The smallest absolute Gasteiger partial charge is 0.0506 e. The fraction of sp³-hybridized carbons (Fsp3) is 0.111. The summed E-state index contributed by atoms with van der Waals surface area (Å²) in [5.41, 5.74) is 7.30. The average Bonchev–Trinajstić information content (AvgIpc) is 3.31. The number of hydrogen-bond donors (Lipinski definition) is 2. The first-order valence-corrected chi connectivity index (χ1v) is 10.1. The summed E-state index contributed by atoms with van der Waals surface area (Å²) in [6.07, 6.45) is 0. The van der Waals surface area contributed by atoms with Gasteiger partial charge in [-0.05, 0) is 23.3 Å². The molecule has 2 heteroatoms. The van der Waals surface area contributed by atoms with E-state index in [2.05, 4.69) is 109 Å². The first kappa shape index (κ1) is 16.4. The van der Waals surface area contributed by atoms with Gasteiger partial charge < -0.3 is 9.97 Å². The predicted molar refractivity (Wildman–Crippen MR) is 124 cm³/mol. The minimum atomic E-state index is -0.166. The molecule has 6 rings (SSSR count). The van der Waals surface area contributed by atoms with Crippen LogP contribution in [0.2, 0.25) is 0 Å². The first-order valence-electron chi connectivity index (χ1n) is 10.1. The van der Waals surface area contributed by atoms with Gasteiger partial charge in [-0.25, -0.2) is 0 Å². The van der Waals surface area contributed by atoms with Crippen LogP contribution in [-0.4, -0.2) is 9.97 Å². The molecule has 0 fully saturated rings. The van der Waals surface area contributed by atoms with E-state index in [0.717, 1.165) is 0 Å². The van der Waals surface area contributed by atoms with Crippen molar-refractivity contribution in [1.29, 1.82) is 0 Å². The number of nitrogens with one attached hydrogen (secondary N) is 2. The number of rotatable bonds is 2. The Bertz CT molecular complexity index is 1410. The van der Waals surface area contributed by atoms with Crippen LogP contribution in [0.1, 0.15) is 25.0 Å². The minimum absolute atomic E-state index is 0.166. The van der Waals surface area contributed by atoms with E-state index >= 15 is 0 Å². The van der Waals surface area contributed by atoms with Crippen LogP contribution >= 0.6 is 0 Å². The molecule has 0 amide bonds. The Kier molecular flexibility index (Phi) is 3.25. The lowest BCUT2D eigenvalue weighted by atomic mass is 9.76. The maximum Gasteiger partial charge on any atom is 0.0506 e. The van der Waals surface area contributed by atoms with Gasteiger partial charge in [0.05, 0.1) is 11.0 Å². The van der Waals surface area contributed by atoms with Gasteiger partial charge in [-0.3, -0.25) is 0 Å². The molecule has 0 radical (unpaired) electrons. The van der Waals surface area contributed by atoms with E-state index in [0.29, 0.717) is 0 Å². The highest BCUT2D eigenvalue weighted by molar-refractivity contribution is 6.10. The number of hydrogen-bond acceptors (Lipinski definition) is 0. The number of aromatic nitrogens is 2. The van der Waals surface area contributed by atoms with Gasteiger partial charge in [-0.15, -0.1) is 0 Å². The van der Waals surface area contributed by atoms with Crippen LogP contribution in [0.25, 0.3) is 43.6 Å². The van der Waals surface area contributed by atoms with Crippen molar-refractivity contribution in [3.63, 3.8) is 0 Å². The second kappa shape index (κ2) is 5.74. The predicted octanol–water partition coefficient (Wildman–Crippen LogP) is 7.28. The van der Waals surface area contributed by atoms with Crippen molar-refractivity contribution in [3.8, 4) is 0 Å². The number of para-hydroxylation sites is 4. The molecule has 0 spiro atoms. The van der Waals surface area contributed by atoms with Gasteiger partial charge >= 0.3 is 0 Å². The standard InChI is InChI=1S/C27H22N2/c1-27(2,21-13-7-11-19-17-9-3-5-15-23(17)28-25(19)21)22-14-8-12-20-18-10-4-6-16-24(18)29-26(20)22/h3-16,28-29H,1-2H3. The third kappa shape index (κ3) is 2.23. The summed E-state index contributed by atoms with van der Waals surface area (Å²) < 4.78 is 0. The third-order valence-electron chi connectivity index (χ3n) is 6.43. The second-order valence-corrected chi connectivity index (χ2v) is 8.42. The second-order valence-electron chi connectivity index (χ2n) is 8.42. The van der Waals surface area contributed by atoms with E-state index < -0.39 is 0 Å². The Morgan fingerprint density at radius 3 is 1.38 bits per heavy atom. The zero-order valence-electron chi connectivity index (χ0n) is 16.6. The number of fused-ring (bicyclic) bond motifs is 6. The van der Waals surface area contributed by atoms with Gasteiger partial charge in [0.1, 0.15) is 0 Å². The molecule has 0 bridgehead atoms. The molecule has 4 aromatic carbocycles. The van der Waals surface area contributed by atoms with Gasteiger partial charge in [0.25, 0.3) is 0 Å². The largest absolute Gasteiger partial charge is 0.354 e. The van der Waals surface area contributed by atoms with Gasteiger partial charge in [0.2, 0.25) is 0 Å². The number of H-pyrrole nitrogens is 2. The minimum Gasteiger partial charge on any atom is -0.354 e. The molecule has 29 heavy (non-hydrogen) atoms. The normalized spacial score (nSPS) is 12.5. The van der Waals surface area contributed by atoms with Crippen molar-refractivity contribution in [3.05, 3.63) is 96.1 Å². The summed E-state index contributed by atoms with van der Waals surface area (Å²) in [6.45, 7) is 4.65. The van der Waals surface area contributed by atoms with Crippen molar-refractivity contribution in [2.24, 2.45) is 0 Å². The lowest BCUT2D eigenvalue weighted by Crippen LogP contribution is -2.20. The zero-order chi connectivity index (χ0) is 19.6. The summed E-state index contributed by atoms with van der Waals surface area (Å²) in [7, 11) is 0. The molecule has 0 saturated carbocycles. The summed E-state index contributed by atoms with van der Waals surface area (Å²) in [5.74, 6) is 0. The Morgan fingerprint density at radius 2 is 0.897 bits per heavy atom. The molecular formula is C27H22N2. The van der Waals surface area contributed by atoms with E-state index in [-0.39, 0.29) is 5.41 Å². The zero-order valence-corrected chi connectivity index (χ0v) is 16.6. The van der Waals surface area contributed by atoms with Crippen LogP contribution in [-0.2, 0) is 5.41 Å². The Hall–Kier alpha value is -3.52. The lowest BCUT2D eigenvalue weighted by Gasteiger charge is -2.27. The van der Waals surface area contributed by atoms with Gasteiger partial charge in [0.15, 0.2) is 0 Å². The summed E-state index contributed by atoms with van der Waals surface area (Å²) >= 11 is 0. The molecule has 0 aliphatic carbocycles. The molecular weight excluding hydrogens is 352 g/mol. The monoisotopic (exact) mass is 374 g/mol. The third-order valence-corrected chi connectivity index (χ3v) is 6.43. The number of benzene rings is 4. The van der Waals surface area contributed by atoms with Crippen LogP contribution in [0.15, 0.2) is 84.9 Å². The Morgan fingerprint density at radius 1 is 0.483 bits per heavy atom. The van der Waals surface area contributed by atoms with Crippen LogP contribution < -0.4 is 0 Å². The molecule has 0 aliphatic rings. The summed E-state index contributed by atoms with van der Waals surface area (Å²) in [6, 6.07) is 30.4. The molecule has 0 unspecified atom stereocenters. The average molecular weight is 374 g/mol. The molecule has 2 nitrogen and oxygen atoms in total. The highest BCUT2D eigenvalue weighted by Gasteiger charge is 2.28. The van der Waals surface area contributed by atoms with Crippen molar-refractivity contribution < 1.29 is 0 Å². The number of aromatic amines is 2. The molecule has 140 valence electrons. The highest BCUT2D eigenvalue weighted by atomic mass is 14.7. The maximum absolute atomic E-state index is 3.69. The van der Waals surface area contributed by atoms with E-state index in [1.165, 1.54) is 54.7 Å². The molecule has 2 heterocycles. The van der Waals surface area contributed by atoms with Crippen molar-refractivity contribution >= 4 is 43.6 Å². The van der Waals surface area contributed by atoms with E-state index in [9.17, 15) is 0 Å². The van der Waals surface area contributed by atoms with Crippen LogP contribution in [0.3, 0.4) is 0 Å². The fourth-order valence-corrected chi connectivity index (χ4v) is 4.93. The SMILES string of the molecule is CC(C)(c1cccc2c1[nH]c1ccccc12)c1cccc2c1[nH]c1ccccc12. The van der Waals surface area contributed by atoms with Crippen LogP contribution in [0, 0.1) is 0 Å². The summed E-state index contributed by atoms with van der Waals surface area (Å²) in [4.78, 5) is 7.37. The van der Waals surface area contributed by atoms with Gasteiger partial charge in [0, 0.05) is 38.0 Å². The van der Waals surface area contributed by atoms with Crippen LogP contribution in [0.5, 0.6) is 0 Å². The Balaban J connectivity index is 1.67.